The molecule has 0 radical (unpaired) electrons. The van der Waals surface area contributed by atoms with Crippen LogP contribution >= 0.6 is 0 Å². The second kappa shape index (κ2) is 4.05. The molecule has 0 bridgehead atoms. The molecule has 0 aromatic heterocycles. The lowest BCUT2D eigenvalue weighted by atomic mass is 10.1. The van der Waals surface area contributed by atoms with Crippen LogP contribution in [0, 0.1) is 0 Å². The molecular weight excluding hydrogens is 226 g/mol. The molecule has 1 aromatic rings. The molecule has 0 amide bonds. The fourth-order valence-electron chi connectivity index (χ4n) is 1.83. The molecule has 1 heterocycles. The van der Waals surface area contributed by atoms with Crippen LogP contribution < -0.4 is 9.74 Å². The largest absolute Gasteiger partial charge is 0.543 e. The zero-order valence-electron chi connectivity index (χ0n) is 11.6. The number of nitrogens with one attached hydrogen (secondary N) is 1. The Balaban J connectivity index is 2.29. The summed E-state index contributed by atoms with van der Waals surface area (Å²) in [5, 5.41) is 3.65. The van der Waals surface area contributed by atoms with Gasteiger partial charge in [-0.2, -0.15) is 0 Å². The van der Waals surface area contributed by atoms with E-state index in [1.165, 1.54) is 11.3 Å². The van der Waals surface area contributed by atoms with Gasteiger partial charge in [0.15, 0.2) is 0 Å². The van der Waals surface area contributed by atoms with Gasteiger partial charge in [-0.1, -0.05) is 26.8 Å². The van der Waals surface area contributed by atoms with E-state index in [1.54, 1.807) is 0 Å². The highest BCUT2D eigenvalue weighted by atomic mass is 28.4. The summed E-state index contributed by atoms with van der Waals surface area (Å²) < 4.78 is 6.41. The van der Waals surface area contributed by atoms with Crippen LogP contribution in [0.15, 0.2) is 18.2 Å². The Morgan fingerprint density at radius 1 is 1.24 bits per heavy atom. The minimum Gasteiger partial charge on any atom is -0.543 e. The molecule has 1 aliphatic rings. The van der Waals surface area contributed by atoms with Gasteiger partial charge in [-0.3, -0.25) is 0 Å². The average molecular weight is 249 g/mol. The Kier molecular flexibility index (Phi) is 2.98. The number of rotatable bonds is 2. The third-order valence-electron chi connectivity index (χ3n) is 3.99. The van der Waals surface area contributed by atoms with Gasteiger partial charge in [0.05, 0.1) is 0 Å². The van der Waals surface area contributed by atoms with Gasteiger partial charge in [-0.05, 0) is 36.7 Å². The van der Waals surface area contributed by atoms with E-state index in [4.69, 9.17) is 4.43 Å². The van der Waals surface area contributed by atoms with Crippen LogP contribution in [0.2, 0.25) is 18.1 Å². The van der Waals surface area contributed by atoms with E-state index in [0.717, 1.165) is 18.7 Å². The number of fused-ring (bicyclic) bond motifs is 1. The molecule has 0 spiro atoms. The summed E-state index contributed by atoms with van der Waals surface area (Å²) in [6.45, 7) is 12.5. The molecule has 0 saturated heterocycles. The van der Waals surface area contributed by atoms with Crippen molar-refractivity contribution in [3.63, 3.8) is 0 Å². The van der Waals surface area contributed by atoms with Gasteiger partial charge < -0.3 is 9.74 Å². The lowest BCUT2D eigenvalue weighted by Crippen LogP contribution is -2.44. The van der Waals surface area contributed by atoms with Crippen molar-refractivity contribution in [3.05, 3.63) is 23.8 Å². The molecule has 0 atom stereocenters. The Labute approximate surface area is 106 Å². The Morgan fingerprint density at radius 2 is 1.94 bits per heavy atom. The van der Waals surface area contributed by atoms with E-state index in [9.17, 15) is 0 Å². The maximum atomic E-state index is 6.41. The Bertz CT molecular complexity index is 421. The predicted octanol–water partition coefficient (Wildman–Crippen LogP) is 4.04. The standard InChI is InChI=1S/C14H23NOSi/c1-14(2,3)17(4,5)16-13-8-6-7-12-11(13)9-10-15-12/h6-8,15H,9-10H2,1-5H3. The first-order valence-electron chi connectivity index (χ1n) is 6.36. The first-order chi connectivity index (χ1) is 7.81. The monoisotopic (exact) mass is 249 g/mol. The van der Waals surface area contributed by atoms with Crippen LogP contribution in [0.3, 0.4) is 0 Å². The van der Waals surface area contributed by atoms with Crippen LogP contribution in [0.25, 0.3) is 0 Å². The van der Waals surface area contributed by atoms with Crippen LogP contribution in [0.4, 0.5) is 5.69 Å². The molecule has 1 aromatic carbocycles. The van der Waals surface area contributed by atoms with Gasteiger partial charge in [-0.15, -0.1) is 0 Å². The molecule has 0 saturated carbocycles. The highest BCUT2D eigenvalue weighted by Crippen LogP contribution is 2.40. The highest BCUT2D eigenvalue weighted by molar-refractivity contribution is 6.74. The lowest BCUT2D eigenvalue weighted by molar-refractivity contribution is 0.488. The summed E-state index contributed by atoms with van der Waals surface area (Å²) in [5.41, 5.74) is 2.61. The van der Waals surface area contributed by atoms with E-state index < -0.39 is 8.32 Å². The third-order valence-corrected chi connectivity index (χ3v) is 8.34. The van der Waals surface area contributed by atoms with Crippen molar-refractivity contribution in [2.45, 2.75) is 45.3 Å². The van der Waals surface area contributed by atoms with E-state index in [0.29, 0.717) is 0 Å². The SMILES string of the molecule is CC(C)(C)[Si](C)(C)Oc1cccc2c1CCN2. The fraction of sp³-hybridized carbons (Fsp3) is 0.571. The van der Waals surface area contributed by atoms with Gasteiger partial charge >= 0.3 is 0 Å². The van der Waals surface area contributed by atoms with Crippen LogP contribution in [-0.2, 0) is 6.42 Å². The highest BCUT2D eigenvalue weighted by Gasteiger charge is 2.39. The fourth-order valence-corrected chi connectivity index (χ4v) is 2.88. The normalized spacial score (nSPS) is 15.4. The predicted molar refractivity (Wildman–Crippen MR) is 76.5 cm³/mol. The second-order valence-corrected chi connectivity index (χ2v) is 11.0. The number of anilines is 1. The zero-order chi connectivity index (χ0) is 12.7. The smallest absolute Gasteiger partial charge is 0.250 e. The maximum Gasteiger partial charge on any atom is 0.250 e. The summed E-state index contributed by atoms with van der Waals surface area (Å²) in [6, 6.07) is 6.34. The van der Waals surface area contributed by atoms with Crippen molar-refractivity contribution in [3.8, 4) is 5.75 Å². The van der Waals surface area contributed by atoms with Crippen LogP contribution in [0.1, 0.15) is 26.3 Å². The molecule has 94 valence electrons. The van der Waals surface area contributed by atoms with E-state index >= 15 is 0 Å². The van der Waals surface area contributed by atoms with E-state index in [2.05, 4.69) is 57.4 Å². The van der Waals surface area contributed by atoms with Gasteiger partial charge in [0.1, 0.15) is 5.75 Å². The molecule has 17 heavy (non-hydrogen) atoms. The second-order valence-electron chi connectivity index (χ2n) is 6.32. The van der Waals surface area contributed by atoms with Crippen molar-refractivity contribution in [2.75, 3.05) is 11.9 Å². The van der Waals surface area contributed by atoms with E-state index in [-0.39, 0.29) is 5.04 Å². The Hall–Kier alpha value is -0.963. The summed E-state index contributed by atoms with van der Waals surface area (Å²) in [6.07, 6.45) is 1.08. The average Bonchev–Trinajstić information content (AvgIpc) is 2.64. The molecule has 0 aliphatic carbocycles. The first kappa shape index (κ1) is 12.5. The molecular formula is C14H23NOSi. The van der Waals surface area contributed by atoms with Gasteiger partial charge in [0.25, 0.3) is 0 Å². The summed E-state index contributed by atoms with van der Waals surface area (Å²) >= 11 is 0. The van der Waals surface area contributed by atoms with Crippen molar-refractivity contribution in [2.24, 2.45) is 0 Å². The van der Waals surface area contributed by atoms with Crippen LogP contribution in [0.5, 0.6) is 5.75 Å². The Morgan fingerprint density at radius 3 is 2.59 bits per heavy atom. The van der Waals surface area contributed by atoms with Crippen molar-refractivity contribution in [1.29, 1.82) is 0 Å². The lowest BCUT2D eigenvalue weighted by Gasteiger charge is -2.37. The quantitative estimate of drug-likeness (QED) is 0.799. The van der Waals surface area contributed by atoms with Crippen molar-refractivity contribution < 1.29 is 4.43 Å². The molecule has 3 heteroatoms. The molecule has 1 N–H and O–H groups in total. The van der Waals surface area contributed by atoms with Gasteiger partial charge in [0.2, 0.25) is 8.32 Å². The van der Waals surface area contributed by atoms with Gasteiger partial charge in [-0.25, -0.2) is 0 Å². The molecule has 0 fully saturated rings. The number of hydrogen-bond acceptors (Lipinski definition) is 2. The number of hydrogen-bond donors (Lipinski definition) is 1. The summed E-state index contributed by atoms with van der Waals surface area (Å²) in [7, 11) is -1.72. The van der Waals surface area contributed by atoms with E-state index in [1.807, 2.05) is 0 Å². The van der Waals surface area contributed by atoms with Crippen molar-refractivity contribution >= 4 is 14.0 Å². The topological polar surface area (TPSA) is 21.3 Å². The van der Waals surface area contributed by atoms with Gasteiger partial charge in [0, 0.05) is 17.8 Å². The minimum absolute atomic E-state index is 0.252. The first-order valence-corrected chi connectivity index (χ1v) is 9.27. The molecule has 0 unspecified atom stereocenters. The zero-order valence-corrected chi connectivity index (χ0v) is 12.6. The summed E-state index contributed by atoms with van der Waals surface area (Å²) in [5.74, 6) is 1.10. The third kappa shape index (κ3) is 2.34. The summed E-state index contributed by atoms with van der Waals surface area (Å²) in [4.78, 5) is 0. The number of benzene rings is 1. The molecule has 2 nitrogen and oxygen atoms in total. The molecule has 1 aliphatic heterocycles. The van der Waals surface area contributed by atoms with Crippen molar-refractivity contribution in [1.82, 2.24) is 0 Å². The maximum absolute atomic E-state index is 6.41. The minimum atomic E-state index is -1.72. The molecule has 2 rings (SSSR count). The van der Waals surface area contributed by atoms with Crippen LogP contribution in [-0.4, -0.2) is 14.9 Å².